The molecule has 0 amide bonds. The van der Waals surface area contributed by atoms with Crippen LogP contribution in [0, 0.1) is 0 Å². The van der Waals surface area contributed by atoms with Gasteiger partial charge in [-0.15, -0.1) is 0 Å². The van der Waals surface area contributed by atoms with Crippen LogP contribution in [0.25, 0.3) is 0 Å². The molecule has 0 saturated carbocycles. The average molecular weight is 841 g/mol. The van der Waals surface area contributed by atoms with Crippen molar-refractivity contribution >= 4 is 17.9 Å². The molecule has 0 rings (SSSR count). The van der Waals surface area contributed by atoms with Crippen LogP contribution in [0.5, 0.6) is 0 Å². The lowest BCUT2D eigenvalue weighted by Crippen LogP contribution is -2.40. The number of allylic oxidation sites excluding steroid dienone is 14. The Morgan fingerprint density at radius 1 is 0.517 bits per heavy atom. The zero-order valence-electron chi connectivity index (χ0n) is 38.6. The molecule has 2 atom stereocenters. The Morgan fingerprint density at radius 3 is 1.47 bits per heavy atom. The molecule has 0 fully saturated rings. The van der Waals surface area contributed by atoms with Crippen molar-refractivity contribution in [2.24, 2.45) is 0 Å². The van der Waals surface area contributed by atoms with Gasteiger partial charge in [-0.2, -0.15) is 0 Å². The van der Waals surface area contributed by atoms with Gasteiger partial charge in [0.25, 0.3) is 6.29 Å². The summed E-state index contributed by atoms with van der Waals surface area (Å²) >= 11 is 0. The predicted octanol–water partition coefficient (Wildman–Crippen LogP) is 12.5. The standard InChI is InChI=1S/C51H85NO8/c1-6-8-10-12-14-16-18-20-22-24-26-27-29-31-33-35-37-39-41-48(53)58-45-47(46-59-51(50(55)56)57-44-43-52(3,4)5)60-49(54)42-40-38-36-34-32-30-28-25-23-21-19-17-15-13-11-9-7-2/h9,11,15-18,21-24,28,30,34,36,47,51H,6-8,10,12-14,19-20,25-27,29,31-33,35,37-46H2,1-5H3/p+1/b11-9-,17-15-,18-16-,23-21-,24-22-,30-28-,36-34-. The maximum Gasteiger partial charge on any atom is 0.361 e. The molecule has 342 valence electrons. The van der Waals surface area contributed by atoms with E-state index in [0.29, 0.717) is 17.4 Å². The van der Waals surface area contributed by atoms with E-state index in [1.807, 2.05) is 21.1 Å². The van der Waals surface area contributed by atoms with Crippen molar-refractivity contribution in [3.8, 4) is 0 Å². The maximum atomic E-state index is 12.8. The molecule has 2 unspecified atom stereocenters. The lowest BCUT2D eigenvalue weighted by Gasteiger charge is -2.25. The average Bonchev–Trinajstić information content (AvgIpc) is 3.21. The van der Waals surface area contributed by atoms with Crippen molar-refractivity contribution < 1.29 is 42.9 Å². The number of carboxylic acid groups (broad SMARTS) is 1. The number of likely N-dealkylation sites (N-methyl/N-ethyl adjacent to an activating group) is 1. The number of esters is 2. The van der Waals surface area contributed by atoms with Crippen LogP contribution in [0.2, 0.25) is 0 Å². The molecule has 0 bridgehead atoms. The summed E-state index contributed by atoms with van der Waals surface area (Å²) in [5, 5.41) is 9.64. The van der Waals surface area contributed by atoms with Crippen molar-refractivity contribution in [3.05, 3.63) is 85.1 Å². The molecule has 0 heterocycles. The minimum atomic E-state index is -1.53. The van der Waals surface area contributed by atoms with Gasteiger partial charge >= 0.3 is 17.9 Å². The highest BCUT2D eigenvalue weighted by Crippen LogP contribution is 2.12. The SMILES string of the molecule is CC/C=C\C/C=C\C/C=C\C/C=C\C/C=C\CCCC(=O)OC(COC(=O)CCCCCCCCC/C=C\C/C=C\CCCCCC)COC(OCC[N+](C)(C)C)C(=O)O. The molecule has 0 aliphatic heterocycles. The maximum absolute atomic E-state index is 12.8. The van der Waals surface area contributed by atoms with Crippen LogP contribution in [0.4, 0.5) is 0 Å². The van der Waals surface area contributed by atoms with Crippen LogP contribution >= 0.6 is 0 Å². The van der Waals surface area contributed by atoms with Gasteiger partial charge in [-0.1, -0.05) is 150 Å². The molecule has 0 aromatic rings. The minimum Gasteiger partial charge on any atom is -0.477 e. The van der Waals surface area contributed by atoms with Crippen LogP contribution in [0.3, 0.4) is 0 Å². The Balaban J connectivity index is 4.54. The lowest BCUT2D eigenvalue weighted by atomic mass is 10.1. The summed E-state index contributed by atoms with van der Waals surface area (Å²) in [7, 11) is 5.93. The van der Waals surface area contributed by atoms with E-state index in [1.54, 1.807) is 0 Å². The number of aliphatic carboxylic acids is 1. The van der Waals surface area contributed by atoms with Gasteiger partial charge in [0.15, 0.2) is 6.10 Å². The molecule has 0 spiro atoms. The number of rotatable bonds is 41. The van der Waals surface area contributed by atoms with Crippen molar-refractivity contribution in [1.29, 1.82) is 0 Å². The molecule has 0 aliphatic carbocycles. The number of hydrogen-bond acceptors (Lipinski definition) is 7. The van der Waals surface area contributed by atoms with Crippen LogP contribution in [0.1, 0.15) is 162 Å². The fraction of sp³-hybridized carbons (Fsp3) is 0.667. The number of carbonyl (C=O) groups is 3. The van der Waals surface area contributed by atoms with Crippen LogP contribution in [-0.2, 0) is 33.3 Å². The summed E-state index contributed by atoms with van der Waals surface area (Å²) in [4.78, 5) is 37.1. The topological polar surface area (TPSA) is 108 Å². The molecule has 0 saturated heterocycles. The third kappa shape index (κ3) is 42.6. The molecule has 0 aromatic heterocycles. The monoisotopic (exact) mass is 841 g/mol. The normalized spacial score (nSPS) is 13.7. The van der Waals surface area contributed by atoms with E-state index in [2.05, 4.69) is 98.9 Å². The third-order valence-electron chi connectivity index (χ3n) is 9.39. The second kappa shape index (κ2) is 42.2. The van der Waals surface area contributed by atoms with Crippen molar-refractivity contribution in [3.63, 3.8) is 0 Å². The van der Waals surface area contributed by atoms with Gasteiger partial charge in [-0.05, 0) is 83.5 Å². The minimum absolute atomic E-state index is 0.171. The van der Waals surface area contributed by atoms with E-state index in [-0.39, 0.29) is 38.6 Å². The van der Waals surface area contributed by atoms with E-state index in [0.717, 1.165) is 77.0 Å². The molecule has 0 aromatic carbocycles. The van der Waals surface area contributed by atoms with Crippen molar-refractivity contribution in [2.45, 2.75) is 174 Å². The second-order valence-electron chi connectivity index (χ2n) is 16.3. The van der Waals surface area contributed by atoms with Gasteiger partial charge in [0, 0.05) is 12.8 Å². The number of carbonyl (C=O) groups excluding carboxylic acids is 2. The smallest absolute Gasteiger partial charge is 0.361 e. The summed E-state index contributed by atoms with van der Waals surface area (Å²) in [6, 6.07) is 0. The highest BCUT2D eigenvalue weighted by molar-refractivity contribution is 5.71. The van der Waals surface area contributed by atoms with Crippen molar-refractivity contribution in [1.82, 2.24) is 0 Å². The molecule has 1 N–H and O–H groups in total. The molecule has 60 heavy (non-hydrogen) atoms. The number of unbranched alkanes of at least 4 members (excludes halogenated alkanes) is 12. The Labute approximate surface area is 366 Å². The third-order valence-corrected chi connectivity index (χ3v) is 9.39. The van der Waals surface area contributed by atoms with E-state index in [4.69, 9.17) is 18.9 Å². The first-order chi connectivity index (χ1) is 29.1. The molecular weight excluding hydrogens is 755 g/mol. The Hall–Kier alpha value is -3.53. The van der Waals surface area contributed by atoms with Gasteiger partial charge in [-0.3, -0.25) is 9.59 Å². The molecule has 0 radical (unpaired) electrons. The predicted molar refractivity (Wildman–Crippen MR) is 249 cm³/mol. The van der Waals surface area contributed by atoms with Gasteiger partial charge < -0.3 is 28.5 Å². The Bertz CT molecular complexity index is 1260. The second-order valence-corrected chi connectivity index (χ2v) is 16.3. The number of hydrogen-bond donors (Lipinski definition) is 1. The Morgan fingerprint density at radius 2 is 0.967 bits per heavy atom. The van der Waals surface area contributed by atoms with Crippen molar-refractivity contribution in [2.75, 3.05) is 47.5 Å². The van der Waals surface area contributed by atoms with Gasteiger partial charge in [0.05, 0.1) is 34.4 Å². The number of quaternary nitrogens is 1. The zero-order valence-corrected chi connectivity index (χ0v) is 38.6. The fourth-order valence-electron chi connectivity index (χ4n) is 5.78. The first-order valence-corrected chi connectivity index (χ1v) is 23.3. The largest absolute Gasteiger partial charge is 0.477 e. The molecule has 9 nitrogen and oxygen atoms in total. The van der Waals surface area contributed by atoms with E-state index >= 15 is 0 Å². The van der Waals surface area contributed by atoms with Crippen LogP contribution < -0.4 is 0 Å². The summed E-state index contributed by atoms with van der Waals surface area (Å²) in [6.07, 6.45) is 50.8. The van der Waals surface area contributed by atoms with Crippen LogP contribution in [-0.4, -0.2) is 87.4 Å². The fourth-order valence-corrected chi connectivity index (χ4v) is 5.78. The quantitative estimate of drug-likeness (QED) is 0.0213. The highest BCUT2D eigenvalue weighted by Gasteiger charge is 2.25. The van der Waals surface area contributed by atoms with E-state index < -0.39 is 24.3 Å². The lowest BCUT2D eigenvalue weighted by molar-refractivity contribution is -0.870. The summed E-state index contributed by atoms with van der Waals surface area (Å²) < 4.78 is 22.7. The summed E-state index contributed by atoms with van der Waals surface area (Å²) in [5.74, 6) is -2.11. The molecular formula is C51H86NO8+. The summed E-state index contributed by atoms with van der Waals surface area (Å²) in [5.41, 5.74) is 0. The zero-order chi connectivity index (χ0) is 44.2. The first kappa shape index (κ1) is 56.5. The van der Waals surface area contributed by atoms with Gasteiger partial charge in [0.2, 0.25) is 0 Å². The van der Waals surface area contributed by atoms with Gasteiger partial charge in [0.1, 0.15) is 13.2 Å². The number of nitrogens with zero attached hydrogens (tertiary/aromatic N) is 1. The van der Waals surface area contributed by atoms with E-state index in [1.165, 1.54) is 51.4 Å². The Kier molecular flexibility index (Phi) is 39.7. The summed E-state index contributed by atoms with van der Waals surface area (Å²) in [6.45, 7) is 4.64. The molecule has 9 heteroatoms. The van der Waals surface area contributed by atoms with E-state index in [9.17, 15) is 19.5 Å². The van der Waals surface area contributed by atoms with Crippen LogP contribution in [0.15, 0.2) is 85.1 Å². The van der Waals surface area contributed by atoms with Gasteiger partial charge in [-0.25, -0.2) is 4.79 Å². The number of carboxylic acids is 1. The first-order valence-electron chi connectivity index (χ1n) is 23.3. The molecule has 0 aliphatic rings. The number of ether oxygens (including phenoxy) is 4. The highest BCUT2D eigenvalue weighted by atomic mass is 16.7.